The third kappa shape index (κ3) is 2.26. The first-order valence-electron chi connectivity index (χ1n) is 7.71. The number of hydrogen-bond donors (Lipinski definition) is 2. The standard InChI is InChI=1S/C17H19N3O2/c21-16(22)12-7-17(8-12)9-14(10-17)19-13-2-1-3-15(6-13)20-5-4-18-11-20/h1-6,11-12,14,19H,7-10H2,(H,21,22). The predicted octanol–water partition coefficient (Wildman–Crippen LogP) is 2.93. The highest BCUT2D eigenvalue weighted by molar-refractivity contribution is 5.71. The first-order valence-corrected chi connectivity index (χ1v) is 7.71. The average Bonchev–Trinajstić information content (AvgIpc) is 2.94. The molecule has 2 aromatic rings. The van der Waals surface area contributed by atoms with E-state index in [1.807, 2.05) is 16.8 Å². The van der Waals surface area contributed by atoms with Gasteiger partial charge in [0.2, 0.25) is 0 Å². The van der Waals surface area contributed by atoms with Gasteiger partial charge in [0.05, 0.1) is 12.2 Å². The zero-order valence-corrected chi connectivity index (χ0v) is 12.3. The predicted molar refractivity (Wildman–Crippen MR) is 83.0 cm³/mol. The second-order valence-electron chi connectivity index (χ2n) is 6.71. The zero-order valence-electron chi connectivity index (χ0n) is 12.3. The highest BCUT2D eigenvalue weighted by Crippen LogP contribution is 2.59. The number of carboxylic acid groups (broad SMARTS) is 1. The molecule has 22 heavy (non-hydrogen) atoms. The van der Waals surface area contributed by atoms with Crippen molar-refractivity contribution in [1.29, 1.82) is 0 Å². The molecule has 1 aromatic carbocycles. The summed E-state index contributed by atoms with van der Waals surface area (Å²) < 4.78 is 1.98. The van der Waals surface area contributed by atoms with Crippen LogP contribution in [0.15, 0.2) is 43.0 Å². The molecule has 2 aliphatic rings. The number of benzene rings is 1. The van der Waals surface area contributed by atoms with Crippen molar-refractivity contribution >= 4 is 11.7 Å². The van der Waals surface area contributed by atoms with Crippen molar-refractivity contribution in [2.24, 2.45) is 11.3 Å². The van der Waals surface area contributed by atoms with Crippen LogP contribution in [0, 0.1) is 11.3 Å². The molecule has 5 heteroatoms. The third-order valence-corrected chi connectivity index (χ3v) is 5.09. The monoisotopic (exact) mass is 297 g/mol. The lowest BCUT2D eigenvalue weighted by molar-refractivity contribution is -0.154. The molecule has 1 aromatic heterocycles. The van der Waals surface area contributed by atoms with Crippen LogP contribution in [0.2, 0.25) is 0 Å². The second-order valence-corrected chi connectivity index (χ2v) is 6.71. The number of nitrogens with one attached hydrogen (secondary N) is 1. The van der Waals surface area contributed by atoms with E-state index in [-0.39, 0.29) is 5.92 Å². The van der Waals surface area contributed by atoms with Gasteiger partial charge in [-0.2, -0.15) is 0 Å². The molecule has 2 aliphatic carbocycles. The van der Waals surface area contributed by atoms with E-state index in [0.29, 0.717) is 11.5 Å². The van der Waals surface area contributed by atoms with E-state index in [2.05, 4.69) is 28.5 Å². The normalized spacial score (nSPS) is 29.6. The Morgan fingerprint density at radius 3 is 2.82 bits per heavy atom. The molecule has 0 bridgehead atoms. The maximum atomic E-state index is 10.9. The largest absolute Gasteiger partial charge is 0.481 e. The molecular weight excluding hydrogens is 278 g/mol. The van der Waals surface area contributed by atoms with Crippen molar-refractivity contribution < 1.29 is 9.90 Å². The summed E-state index contributed by atoms with van der Waals surface area (Å²) in [6, 6.07) is 8.75. The minimum atomic E-state index is -0.630. The molecule has 0 unspecified atom stereocenters. The summed E-state index contributed by atoms with van der Waals surface area (Å²) in [4.78, 5) is 15.0. The van der Waals surface area contributed by atoms with Crippen molar-refractivity contribution in [3.63, 3.8) is 0 Å². The summed E-state index contributed by atoms with van der Waals surface area (Å²) in [5, 5.41) is 12.6. The molecule has 4 rings (SSSR count). The molecule has 2 saturated carbocycles. The third-order valence-electron chi connectivity index (χ3n) is 5.09. The van der Waals surface area contributed by atoms with Crippen molar-refractivity contribution in [3.05, 3.63) is 43.0 Å². The van der Waals surface area contributed by atoms with Crippen LogP contribution < -0.4 is 5.32 Å². The molecule has 0 aliphatic heterocycles. The van der Waals surface area contributed by atoms with E-state index in [1.165, 1.54) is 0 Å². The van der Waals surface area contributed by atoms with Crippen molar-refractivity contribution in [1.82, 2.24) is 9.55 Å². The van der Waals surface area contributed by atoms with Crippen LogP contribution in [0.3, 0.4) is 0 Å². The number of carbonyl (C=O) groups is 1. The van der Waals surface area contributed by atoms with Crippen molar-refractivity contribution in [2.75, 3.05) is 5.32 Å². The lowest BCUT2D eigenvalue weighted by atomic mass is 9.50. The number of imidazole rings is 1. The van der Waals surface area contributed by atoms with Gasteiger partial charge in [0.15, 0.2) is 0 Å². The molecule has 2 N–H and O–H groups in total. The second kappa shape index (κ2) is 4.87. The Morgan fingerprint density at radius 1 is 1.32 bits per heavy atom. The van der Waals surface area contributed by atoms with Gasteiger partial charge in [-0.05, 0) is 49.3 Å². The fourth-order valence-corrected chi connectivity index (χ4v) is 3.99. The van der Waals surface area contributed by atoms with Crippen LogP contribution in [0.5, 0.6) is 0 Å². The summed E-state index contributed by atoms with van der Waals surface area (Å²) in [6.45, 7) is 0. The van der Waals surface area contributed by atoms with Gasteiger partial charge in [0.1, 0.15) is 0 Å². The fraction of sp³-hybridized carbons (Fsp3) is 0.412. The van der Waals surface area contributed by atoms with E-state index in [4.69, 9.17) is 5.11 Å². The van der Waals surface area contributed by atoms with Crippen LogP contribution in [-0.2, 0) is 4.79 Å². The number of nitrogens with zero attached hydrogens (tertiary/aromatic N) is 2. The number of carboxylic acids is 1. The molecule has 1 heterocycles. The average molecular weight is 297 g/mol. The van der Waals surface area contributed by atoms with E-state index in [0.717, 1.165) is 37.1 Å². The maximum Gasteiger partial charge on any atom is 0.306 e. The number of aromatic nitrogens is 2. The molecular formula is C17H19N3O2. The Morgan fingerprint density at radius 2 is 2.14 bits per heavy atom. The first kappa shape index (κ1) is 13.4. The van der Waals surface area contributed by atoms with Crippen molar-refractivity contribution in [3.8, 4) is 5.69 Å². The van der Waals surface area contributed by atoms with Crippen LogP contribution in [-0.4, -0.2) is 26.7 Å². The fourth-order valence-electron chi connectivity index (χ4n) is 3.99. The van der Waals surface area contributed by atoms with Crippen LogP contribution >= 0.6 is 0 Å². The summed E-state index contributed by atoms with van der Waals surface area (Å²) in [7, 11) is 0. The molecule has 2 fully saturated rings. The molecule has 1 spiro atoms. The molecule has 0 amide bonds. The van der Waals surface area contributed by atoms with Crippen LogP contribution in [0.1, 0.15) is 25.7 Å². The van der Waals surface area contributed by atoms with E-state index >= 15 is 0 Å². The van der Waals surface area contributed by atoms with Gasteiger partial charge >= 0.3 is 5.97 Å². The molecule has 0 atom stereocenters. The Labute approximate surface area is 129 Å². The molecule has 0 radical (unpaired) electrons. The maximum absolute atomic E-state index is 10.9. The summed E-state index contributed by atoms with van der Waals surface area (Å²) in [5.41, 5.74) is 2.51. The summed E-state index contributed by atoms with van der Waals surface area (Å²) in [5.74, 6) is -0.736. The van der Waals surface area contributed by atoms with Gasteiger partial charge in [0.25, 0.3) is 0 Å². The van der Waals surface area contributed by atoms with Crippen molar-refractivity contribution in [2.45, 2.75) is 31.7 Å². The Hall–Kier alpha value is -2.30. The molecule has 114 valence electrons. The Balaban J connectivity index is 1.36. The van der Waals surface area contributed by atoms with Gasteiger partial charge in [0, 0.05) is 29.8 Å². The lowest BCUT2D eigenvalue weighted by Gasteiger charge is -2.57. The van der Waals surface area contributed by atoms with Gasteiger partial charge in [-0.3, -0.25) is 4.79 Å². The van der Waals surface area contributed by atoms with Crippen LogP contribution in [0.4, 0.5) is 5.69 Å². The van der Waals surface area contributed by atoms with E-state index in [9.17, 15) is 4.79 Å². The van der Waals surface area contributed by atoms with E-state index in [1.54, 1.807) is 12.5 Å². The number of anilines is 1. The Bertz CT molecular complexity index is 682. The zero-order chi connectivity index (χ0) is 15.2. The summed E-state index contributed by atoms with van der Waals surface area (Å²) >= 11 is 0. The van der Waals surface area contributed by atoms with Gasteiger partial charge in [-0.1, -0.05) is 6.07 Å². The lowest BCUT2D eigenvalue weighted by Crippen LogP contribution is -2.54. The highest BCUT2D eigenvalue weighted by atomic mass is 16.4. The van der Waals surface area contributed by atoms with Gasteiger partial charge in [-0.25, -0.2) is 4.98 Å². The first-order chi connectivity index (χ1) is 10.6. The summed E-state index contributed by atoms with van der Waals surface area (Å²) in [6.07, 6.45) is 9.38. The molecule has 5 nitrogen and oxygen atoms in total. The van der Waals surface area contributed by atoms with Crippen LogP contribution in [0.25, 0.3) is 5.69 Å². The number of hydrogen-bond acceptors (Lipinski definition) is 3. The van der Waals surface area contributed by atoms with E-state index < -0.39 is 5.97 Å². The van der Waals surface area contributed by atoms with Gasteiger partial charge < -0.3 is 15.0 Å². The quantitative estimate of drug-likeness (QED) is 0.910. The minimum Gasteiger partial charge on any atom is -0.481 e. The molecule has 0 saturated heterocycles. The smallest absolute Gasteiger partial charge is 0.306 e. The Kier molecular flexibility index (Phi) is 2.96. The highest BCUT2D eigenvalue weighted by Gasteiger charge is 2.54. The number of rotatable bonds is 4. The SMILES string of the molecule is O=C(O)C1CC2(CC(Nc3cccc(-n4ccnc4)c3)C2)C1. The number of aliphatic carboxylic acids is 1. The minimum absolute atomic E-state index is 0.106. The van der Waals surface area contributed by atoms with Gasteiger partial charge in [-0.15, -0.1) is 0 Å². The topological polar surface area (TPSA) is 67.2 Å².